The third-order valence-corrected chi connectivity index (χ3v) is 14.1. The van der Waals surface area contributed by atoms with E-state index in [-0.39, 0.29) is 26.1 Å². The van der Waals surface area contributed by atoms with E-state index in [9.17, 15) is 19.0 Å². The summed E-state index contributed by atoms with van der Waals surface area (Å²) in [6, 6.07) is 0. The molecule has 2 atom stereocenters. The van der Waals surface area contributed by atoms with Gasteiger partial charge < -0.3 is 27.9 Å². The summed E-state index contributed by atoms with van der Waals surface area (Å²) >= 11 is 0. The molecule has 0 bridgehead atoms. The zero-order valence-corrected chi connectivity index (χ0v) is 57.6. The Bertz CT molecular complexity index is 2370. The summed E-state index contributed by atoms with van der Waals surface area (Å²) in [5, 5.41) is 0. The van der Waals surface area contributed by atoms with E-state index in [2.05, 4.69) is 239 Å². The van der Waals surface area contributed by atoms with E-state index in [1.807, 2.05) is 27.2 Å². The smallest absolute Gasteiger partial charge is 0.306 e. The number of hydrogen-bond donors (Lipinski definition) is 0. The Morgan fingerprint density at radius 2 is 0.611 bits per heavy atom. The Labute approximate surface area is 550 Å². The molecule has 0 fully saturated rings. The monoisotopic (exact) mass is 1260 g/mol. The number of quaternary nitrogens is 1. The number of carbonyl (C=O) groups is 2. The van der Waals surface area contributed by atoms with Crippen LogP contribution < -0.4 is 4.89 Å². The van der Waals surface area contributed by atoms with Gasteiger partial charge in [0.05, 0.1) is 27.7 Å². The molecule has 0 spiro atoms. The van der Waals surface area contributed by atoms with E-state index in [1.165, 1.54) is 0 Å². The van der Waals surface area contributed by atoms with Gasteiger partial charge in [-0.1, -0.05) is 270 Å². The molecule has 0 N–H and O–H groups in total. The van der Waals surface area contributed by atoms with Crippen LogP contribution >= 0.6 is 7.82 Å². The minimum atomic E-state index is -4.68. The summed E-state index contributed by atoms with van der Waals surface area (Å²) in [5.74, 6) is -0.942. The number of ether oxygens (including phenoxy) is 2. The number of hydrogen-bond acceptors (Lipinski definition) is 8. The molecule has 2 unspecified atom stereocenters. The first-order valence-electron chi connectivity index (χ1n) is 34.1. The molecule has 0 aliphatic heterocycles. The Morgan fingerprint density at radius 3 is 0.922 bits per heavy atom. The van der Waals surface area contributed by atoms with Crippen LogP contribution in [0.5, 0.6) is 0 Å². The molecule has 10 heteroatoms. The summed E-state index contributed by atoms with van der Waals surface area (Å²) < 4.78 is 34.2. The third-order valence-electron chi connectivity index (χ3n) is 13.2. The van der Waals surface area contributed by atoms with Crippen molar-refractivity contribution in [1.82, 2.24) is 0 Å². The van der Waals surface area contributed by atoms with Gasteiger partial charge in [0.2, 0.25) is 0 Å². The molecule has 0 heterocycles. The molecule has 0 saturated carbocycles. The molecule has 90 heavy (non-hydrogen) atoms. The van der Waals surface area contributed by atoms with Crippen molar-refractivity contribution in [1.29, 1.82) is 0 Å². The second kappa shape index (κ2) is 67.5. The van der Waals surface area contributed by atoms with Gasteiger partial charge in [-0.3, -0.25) is 14.2 Å². The number of carbonyl (C=O) groups excluding carboxylic acids is 2. The molecule has 0 amide bonds. The predicted octanol–water partition coefficient (Wildman–Crippen LogP) is 22.0. The van der Waals surface area contributed by atoms with Crippen LogP contribution in [0, 0.1) is 0 Å². The second-order valence-electron chi connectivity index (χ2n) is 22.7. The van der Waals surface area contributed by atoms with Crippen LogP contribution in [0.1, 0.15) is 206 Å². The molecule has 0 aliphatic carbocycles. The minimum absolute atomic E-state index is 0.0573. The fourth-order valence-electron chi connectivity index (χ4n) is 8.04. The SMILES string of the molecule is CC/C=C\C/C=C\C/C=C\C/C=C\C/C=C\C/C=C\C/C=C\C/C=C\C/C=C\C/C=C\CCCCCCCCC(=O)OC(COC(=O)CCC/C=C\C/C=C\C/C=C\C/C=C\C/C=C\C/C=C\C/C=C\C/C=C\C/C=C\CC)COP(=O)([O-])OCC[N+](C)(C)C. The second-order valence-corrected chi connectivity index (χ2v) is 24.1. The molecular formula is C80H122NO8P. The van der Waals surface area contributed by atoms with Crippen LogP contribution in [0.25, 0.3) is 0 Å². The Balaban J connectivity index is 4.30. The summed E-state index contributed by atoms with van der Waals surface area (Å²) in [6.07, 6.45) is 110. The zero-order valence-electron chi connectivity index (χ0n) is 56.7. The van der Waals surface area contributed by atoms with Gasteiger partial charge in [0, 0.05) is 12.8 Å². The number of phosphoric ester groups is 1. The molecule has 0 aromatic carbocycles. The van der Waals surface area contributed by atoms with Gasteiger partial charge in [0.1, 0.15) is 19.8 Å². The molecule has 0 aromatic heterocycles. The van der Waals surface area contributed by atoms with Crippen LogP contribution in [0.4, 0.5) is 0 Å². The number of likely N-dealkylation sites (N-methyl/N-ethyl adjacent to an activating group) is 1. The largest absolute Gasteiger partial charge is 0.756 e. The van der Waals surface area contributed by atoms with Gasteiger partial charge in [-0.15, -0.1) is 0 Å². The first kappa shape index (κ1) is 84.1. The minimum Gasteiger partial charge on any atom is -0.756 e. The van der Waals surface area contributed by atoms with Crippen molar-refractivity contribution in [2.75, 3.05) is 47.5 Å². The maximum Gasteiger partial charge on any atom is 0.306 e. The van der Waals surface area contributed by atoms with Crippen LogP contribution in [-0.4, -0.2) is 70.0 Å². The average Bonchev–Trinajstić information content (AvgIpc) is 3.58. The van der Waals surface area contributed by atoms with Gasteiger partial charge in [-0.25, -0.2) is 0 Å². The predicted molar refractivity (Wildman–Crippen MR) is 387 cm³/mol. The number of nitrogens with zero attached hydrogens (tertiary/aromatic N) is 1. The highest BCUT2D eigenvalue weighted by Crippen LogP contribution is 2.38. The van der Waals surface area contributed by atoms with Crippen LogP contribution in [0.2, 0.25) is 0 Å². The molecule has 0 aromatic rings. The normalized spacial score (nSPS) is 14.6. The van der Waals surface area contributed by atoms with Gasteiger partial charge in [-0.2, -0.15) is 0 Å². The maximum atomic E-state index is 12.9. The fourth-order valence-corrected chi connectivity index (χ4v) is 8.77. The molecule has 0 aliphatic rings. The van der Waals surface area contributed by atoms with Crippen molar-refractivity contribution >= 4 is 19.8 Å². The fraction of sp³-hybridized carbons (Fsp3) is 0.500. The van der Waals surface area contributed by atoms with Gasteiger partial charge in [-0.05, 0) is 154 Å². The van der Waals surface area contributed by atoms with Crippen molar-refractivity contribution in [3.63, 3.8) is 0 Å². The zero-order chi connectivity index (χ0) is 65.5. The summed E-state index contributed by atoms with van der Waals surface area (Å²) in [7, 11) is 1.09. The molecule has 500 valence electrons. The topological polar surface area (TPSA) is 111 Å². The van der Waals surface area contributed by atoms with Crippen molar-refractivity contribution < 1.29 is 42.1 Å². The molecule has 0 rings (SSSR count). The average molecular weight is 1260 g/mol. The molecule has 9 nitrogen and oxygen atoms in total. The first-order chi connectivity index (χ1) is 44.0. The maximum absolute atomic E-state index is 12.9. The lowest BCUT2D eigenvalue weighted by atomic mass is 10.1. The van der Waals surface area contributed by atoms with Crippen molar-refractivity contribution in [3.05, 3.63) is 231 Å². The molecule has 0 radical (unpaired) electrons. The highest BCUT2D eigenvalue weighted by molar-refractivity contribution is 7.45. The van der Waals surface area contributed by atoms with Crippen molar-refractivity contribution in [2.45, 2.75) is 213 Å². The lowest BCUT2D eigenvalue weighted by Gasteiger charge is -2.28. The molecular weight excluding hydrogens is 1130 g/mol. The number of phosphoric acid groups is 1. The summed E-state index contributed by atoms with van der Waals surface area (Å²) in [5.41, 5.74) is 0. The first-order valence-corrected chi connectivity index (χ1v) is 35.6. The van der Waals surface area contributed by atoms with Crippen LogP contribution in [-0.2, 0) is 32.7 Å². The standard InChI is InChI=1S/C80H122NO8P/c1-6-8-10-12-14-16-18-20-22-24-26-28-30-32-34-36-37-38-39-40-41-42-43-45-47-49-51-53-55-57-59-61-63-65-67-69-71-73-80(83)89-78(77-88-90(84,85)87-75-74-81(3,4)5)76-86-79(82)72-70-68-66-64-62-60-58-56-54-52-50-48-46-44-35-33-31-29-27-25-23-21-19-17-15-13-11-9-7-2/h8-11,14-17,20-23,26-29,32-35,37-38,40-41,43,45-46,48-49,51-52,54-55,57-58,60,64,66,78H,6-7,12-13,18-19,24-25,30-31,36,39,42,44,47,50,53,56,59,61-63,65,67-77H2,1-5H3/b10-8-,11-9-,16-14-,17-15-,22-20-,23-21-,28-26-,29-27-,34-32-,35-33-,38-37-,41-40-,45-43-,48-46-,51-49-,54-52-,57-55-,60-58-,66-64-. The summed E-state index contributed by atoms with van der Waals surface area (Å²) in [4.78, 5) is 38.0. The number of esters is 2. The highest BCUT2D eigenvalue weighted by atomic mass is 31.2. The van der Waals surface area contributed by atoms with E-state index >= 15 is 0 Å². The van der Waals surface area contributed by atoms with Crippen molar-refractivity contribution in [2.24, 2.45) is 0 Å². The van der Waals surface area contributed by atoms with Crippen LogP contribution in [0.3, 0.4) is 0 Å². The lowest BCUT2D eigenvalue weighted by Crippen LogP contribution is -2.37. The van der Waals surface area contributed by atoms with E-state index in [1.54, 1.807) is 0 Å². The van der Waals surface area contributed by atoms with Gasteiger partial charge in [0.25, 0.3) is 7.82 Å². The van der Waals surface area contributed by atoms with Gasteiger partial charge >= 0.3 is 11.9 Å². The molecule has 0 saturated heterocycles. The van der Waals surface area contributed by atoms with E-state index in [0.717, 1.165) is 161 Å². The van der Waals surface area contributed by atoms with Gasteiger partial charge in [0.15, 0.2) is 6.10 Å². The van der Waals surface area contributed by atoms with E-state index < -0.39 is 32.5 Å². The number of unbranched alkanes of at least 4 members (excludes halogenated alkanes) is 7. The highest BCUT2D eigenvalue weighted by Gasteiger charge is 2.21. The van der Waals surface area contributed by atoms with Crippen molar-refractivity contribution in [3.8, 4) is 0 Å². The number of allylic oxidation sites excluding steroid dienone is 38. The number of rotatable bonds is 59. The quantitative estimate of drug-likeness (QED) is 0.0195. The van der Waals surface area contributed by atoms with Crippen LogP contribution in [0.15, 0.2) is 231 Å². The Kier molecular flexibility index (Phi) is 63.0. The Morgan fingerprint density at radius 1 is 0.344 bits per heavy atom. The summed E-state index contributed by atoms with van der Waals surface area (Å²) in [6.45, 7) is 3.89. The Hall–Kier alpha value is -5.93. The van der Waals surface area contributed by atoms with E-state index in [0.29, 0.717) is 30.3 Å². The lowest BCUT2D eigenvalue weighted by molar-refractivity contribution is -0.870. The van der Waals surface area contributed by atoms with E-state index in [4.69, 9.17) is 18.5 Å². The third kappa shape index (κ3) is 71.1.